The van der Waals surface area contributed by atoms with Crippen molar-refractivity contribution in [1.82, 2.24) is 5.32 Å². The molecule has 4 N–H and O–H groups in total. The summed E-state index contributed by atoms with van der Waals surface area (Å²) < 4.78 is 5.36. The molecule has 0 saturated carbocycles. The van der Waals surface area contributed by atoms with Gasteiger partial charge < -0.3 is 30.7 Å². The maximum absolute atomic E-state index is 9.89. The van der Waals surface area contributed by atoms with Crippen LogP contribution in [0.15, 0.2) is 24.3 Å². The molecule has 6 heteroatoms. The zero-order valence-electron chi connectivity index (χ0n) is 11.5. The van der Waals surface area contributed by atoms with Crippen LogP contribution in [0.5, 0.6) is 0 Å². The van der Waals surface area contributed by atoms with E-state index in [4.69, 9.17) is 10.5 Å². The number of benzene rings is 1. The lowest BCUT2D eigenvalue weighted by Crippen LogP contribution is -2.43. The highest BCUT2D eigenvalue weighted by atomic mass is 16.6. The summed E-state index contributed by atoms with van der Waals surface area (Å²) in [5, 5.41) is 13.2. The molecule has 3 rings (SSSR count). The van der Waals surface area contributed by atoms with Crippen LogP contribution in [0.2, 0.25) is 0 Å². The lowest BCUT2D eigenvalue weighted by atomic mass is 10.2. The second kappa shape index (κ2) is 5.97. The second-order valence-electron chi connectivity index (χ2n) is 5.23. The van der Waals surface area contributed by atoms with Gasteiger partial charge in [0.2, 0.25) is 6.41 Å². The van der Waals surface area contributed by atoms with Crippen molar-refractivity contribution < 1.29 is 9.84 Å². The van der Waals surface area contributed by atoms with Crippen molar-refractivity contribution in [3.8, 4) is 0 Å². The fourth-order valence-electron chi connectivity index (χ4n) is 2.74. The molecule has 2 aliphatic heterocycles. The van der Waals surface area contributed by atoms with Crippen molar-refractivity contribution in [2.24, 2.45) is 5.73 Å². The molecule has 1 aromatic rings. The first-order valence-corrected chi connectivity index (χ1v) is 7.14. The fourth-order valence-corrected chi connectivity index (χ4v) is 2.74. The number of ether oxygens (including phenoxy) is 1. The summed E-state index contributed by atoms with van der Waals surface area (Å²) in [7, 11) is 0. The van der Waals surface area contributed by atoms with Gasteiger partial charge in [0.15, 0.2) is 0 Å². The molecule has 0 bridgehead atoms. The smallest absolute Gasteiger partial charge is 0.238 e. The molecule has 2 aliphatic rings. The largest absolute Gasteiger partial charge is 0.369 e. The topological polar surface area (TPSA) is 74.0 Å². The number of nitrogens with two attached hydrogens (primary N) is 1. The van der Waals surface area contributed by atoms with E-state index in [1.165, 1.54) is 5.69 Å². The van der Waals surface area contributed by atoms with E-state index >= 15 is 0 Å². The van der Waals surface area contributed by atoms with Crippen LogP contribution in [-0.4, -0.2) is 56.9 Å². The van der Waals surface area contributed by atoms with Crippen molar-refractivity contribution in [3.05, 3.63) is 24.3 Å². The minimum Gasteiger partial charge on any atom is -0.369 e. The Morgan fingerprint density at radius 1 is 1.20 bits per heavy atom. The van der Waals surface area contributed by atoms with Crippen molar-refractivity contribution in [3.63, 3.8) is 0 Å². The second-order valence-corrected chi connectivity index (χ2v) is 5.23. The van der Waals surface area contributed by atoms with Crippen molar-refractivity contribution in [2.45, 2.75) is 12.5 Å². The SMILES string of the molecule is NC[C@H]1CN(c2ccc(N3CCNCC3)cc2)C(O)O1. The maximum atomic E-state index is 9.89. The monoisotopic (exact) mass is 278 g/mol. The Labute approximate surface area is 119 Å². The number of piperazine rings is 1. The first-order chi connectivity index (χ1) is 9.78. The molecule has 2 fully saturated rings. The van der Waals surface area contributed by atoms with Crippen LogP contribution in [0.3, 0.4) is 0 Å². The van der Waals surface area contributed by atoms with E-state index in [0.717, 1.165) is 31.9 Å². The Balaban J connectivity index is 1.69. The zero-order valence-corrected chi connectivity index (χ0v) is 11.5. The van der Waals surface area contributed by atoms with Gasteiger partial charge >= 0.3 is 0 Å². The summed E-state index contributed by atoms with van der Waals surface area (Å²) in [4.78, 5) is 4.19. The van der Waals surface area contributed by atoms with Crippen LogP contribution in [0.4, 0.5) is 11.4 Å². The quantitative estimate of drug-likeness (QED) is 0.694. The van der Waals surface area contributed by atoms with Crippen LogP contribution < -0.4 is 20.9 Å². The number of aliphatic hydroxyl groups is 1. The van der Waals surface area contributed by atoms with Gasteiger partial charge in [-0.25, -0.2) is 0 Å². The molecule has 6 nitrogen and oxygen atoms in total. The predicted octanol–water partition coefficient (Wildman–Crippen LogP) is -0.464. The Hall–Kier alpha value is -1.34. The summed E-state index contributed by atoms with van der Waals surface area (Å²) in [6.45, 7) is 5.17. The minimum atomic E-state index is -0.895. The summed E-state index contributed by atoms with van der Waals surface area (Å²) in [5.74, 6) is 0. The molecule has 0 radical (unpaired) electrons. The lowest BCUT2D eigenvalue weighted by Gasteiger charge is -2.30. The number of hydrogen-bond donors (Lipinski definition) is 3. The van der Waals surface area contributed by atoms with Crippen LogP contribution in [0, 0.1) is 0 Å². The van der Waals surface area contributed by atoms with Gasteiger partial charge in [0, 0.05) is 44.1 Å². The highest BCUT2D eigenvalue weighted by Gasteiger charge is 2.30. The van der Waals surface area contributed by atoms with Gasteiger partial charge in [-0.1, -0.05) is 0 Å². The van der Waals surface area contributed by atoms with Gasteiger partial charge in [-0.3, -0.25) is 0 Å². The number of nitrogens with zero attached hydrogens (tertiary/aromatic N) is 2. The Morgan fingerprint density at radius 2 is 1.85 bits per heavy atom. The summed E-state index contributed by atoms with van der Waals surface area (Å²) in [6, 6.07) is 8.26. The normalized spacial score (nSPS) is 27.1. The molecule has 2 atom stereocenters. The maximum Gasteiger partial charge on any atom is 0.238 e. The van der Waals surface area contributed by atoms with E-state index in [0.29, 0.717) is 13.1 Å². The van der Waals surface area contributed by atoms with Gasteiger partial charge in [-0.05, 0) is 24.3 Å². The highest BCUT2D eigenvalue weighted by molar-refractivity contribution is 5.57. The standard InChI is InChI=1S/C14H22N4O2/c15-9-13-10-18(14(19)20-13)12-3-1-11(2-4-12)17-7-5-16-6-8-17/h1-4,13-14,16,19H,5-10,15H2/t13-,14?/m0/s1. The number of nitrogens with one attached hydrogen (secondary N) is 1. The van der Waals surface area contributed by atoms with Crippen LogP contribution in [0.1, 0.15) is 0 Å². The van der Waals surface area contributed by atoms with E-state index in [1.807, 2.05) is 17.0 Å². The average Bonchev–Trinajstić information content (AvgIpc) is 2.89. The average molecular weight is 278 g/mol. The molecule has 2 heterocycles. The van der Waals surface area contributed by atoms with Crippen LogP contribution in [0.25, 0.3) is 0 Å². The van der Waals surface area contributed by atoms with E-state index in [-0.39, 0.29) is 6.10 Å². The molecule has 0 spiro atoms. The van der Waals surface area contributed by atoms with Gasteiger partial charge in [-0.2, -0.15) is 0 Å². The number of hydrogen-bond acceptors (Lipinski definition) is 6. The molecule has 0 amide bonds. The van der Waals surface area contributed by atoms with Gasteiger partial charge in [0.05, 0.1) is 12.6 Å². The molecule has 0 aromatic heterocycles. The third-order valence-corrected chi connectivity index (χ3v) is 3.91. The molecule has 20 heavy (non-hydrogen) atoms. The van der Waals surface area contributed by atoms with Crippen LogP contribution in [-0.2, 0) is 4.74 Å². The van der Waals surface area contributed by atoms with Crippen molar-refractivity contribution in [1.29, 1.82) is 0 Å². The summed E-state index contributed by atoms with van der Waals surface area (Å²) in [6.07, 6.45) is -0.994. The fraction of sp³-hybridized carbons (Fsp3) is 0.571. The Kier molecular flexibility index (Phi) is 4.07. The number of rotatable bonds is 3. The molecular weight excluding hydrogens is 256 g/mol. The van der Waals surface area contributed by atoms with E-state index < -0.39 is 6.41 Å². The highest BCUT2D eigenvalue weighted by Crippen LogP contribution is 2.26. The van der Waals surface area contributed by atoms with E-state index in [1.54, 1.807) is 0 Å². The first kappa shape index (κ1) is 13.6. The third-order valence-electron chi connectivity index (χ3n) is 3.91. The number of aliphatic hydroxyl groups excluding tert-OH is 1. The molecule has 0 aliphatic carbocycles. The van der Waals surface area contributed by atoms with Gasteiger partial charge in [-0.15, -0.1) is 0 Å². The molecule has 2 saturated heterocycles. The summed E-state index contributed by atoms with van der Waals surface area (Å²) in [5.41, 5.74) is 7.77. The first-order valence-electron chi connectivity index (χ1n) is 7.14. The molecule has 110 valence electrons. The summed E-state index contributed by atoms with van der Waals surface area (Å²) >= 11 is 0. The third kappa shape index (κ3) is 2.73. The van der Waals surface area contributed by atoms with Crippen molar-refractivity contribution in [2.75, 3.05) is 49.1 Å². The molecular formula is C14H22N4O2. The lowest BCUT2D eigenvalue weighted by molar-refractivity contribution is -0.0855. The van der Waals surface area contributed by atoms with Gasteiger partial charge in [0.1, 0.15) is 0 Å². The Bertz CT molecular complexity index is 433. The minimum absolute atomic E-state index is 0.0992. The van der Waals surface area contributed by atoms with E-state index in [9.17, 15) is 5.11 Å². The zero-order chi connectivity index (χ0) is 13.9. The van der Waals surface area contributed by atoms with Crippen LogP contribution >= 0.6 is 0 Å². The predicted molar refractivity (Wildman–Crippen MR) is 78.8 cm³/mol. The van der Waals surface area contributed by atoms with Crippen molar-refractivity contribution >= 4 is 11.4 Å². The van der Waals surface area contributed by atoms with E-state index in [2.05, 4.69) is 22.3 Å². The van der Waals surface area contributed by atoms with Gasteiger partial charge in [0.25, 0.3) is 0 Å². The molecule has 1 aromatic carbocycles. The number of anilines is 2. The molecule has 1 unspecified atom stereocenters. The Morgan fingerprint density at radius 3 is 2.45 bits per heavy atom.